The number of hydrogen-bond acceptors (Lipinski definition) is 2. The molecule has 0 aromatic heterocycles. The molecule has 5 atom stereocenters. The zero-order valence-corrected chi connectivity index (χ0v) is 13.7. The summed E-state index contributed by atoms with van der Waals surface area (Å²) < 4.78 is 6.23. The summed E-state index contributed by atoms with van der Waals surface area (Å²) in [6.07, 6.45) is 9.15. The van der Waals surface area contributed by atoms with Crippen LogP contribution in [0.5, 0.6) is 0 Å². The maximum Gasteiger partial charge on any atom is 0.0643 e. The fourth-order valence-electron chi connectivity index (χ4n) is 4.45. The Kier molecular flexibility index (Phi) is 5.30. The number of ether oxygens (including phenoxy) is 1. The van der Waals surface area contributed by atoms with E-state index in [1.807, 2.05) is 0 Å². The number of fused-ring (bicyclic) bond motifs is 2. The highest BCUT2D eigenvalue weighted by molar-refractivity contribution is 5.20. The standard InChI is InChI=1S/C18H32O2/c1-5-6-7-8-9-16-17-13(2)10-14(3)18(11-19,12-20-16)15(17)4/h10,14-17,19H,5-9,11-12H2,1-4H3/t14-,15+,16-,17-,18+/m1/s1. The summed E-state index contributed by atoms with van der Waals surface area (Å²) in [4.78, 5) is 0. The Bertz CT molecular complexity index is 349. The molecule has 1 heterocycles. The minimum Gasteiger partial charge on any atom is -0.396 e. The first-order chi connectivity index (χ1) is 9.56. The van der Waals surface area contributed by atoms with Crippen LogP contribution >= 0.6 is 0 Å². The molecule has 2 heteroatoms. The van der Waals surface area contributed by atoms with Crippen LogP contribution in [0.2, 0.25) is 0 Å². The molecule has 0 aromatic carbocycles. The Morgan fingerprint density at radius 1 is 1.30 bits per heavy atom. The van der Waals surface area contributed by atoms with Crippen LogP contribution in [0.3, 0.4) is 0 Å². The molecule has 1 fully saturated rings. The molecule has 0 aromatic rings. The van der Waals surface area contributed by atoms with E-state index in [9.17, 15) is 5.11 Å². The third-order valence-corrected chi connectivity index (χ3v) is 5.99. The second-order valence-corrected chi connectivity index (χ2v) is 7.10. The average molecular weight is 280 g/mol. The van der Waals surface area contributed by atoms with Gasteiger partial charge < -0.3 is 9.84 Å². The van der Waals surface area contributed by atoms with Crippen molar-refractivity contribution in [3.63, 3.8) is 0 Å². The second kappa shape index (κ2) is 6.62. The average Bonchev–Trinajstić information content (AvgIpc) is 2.42. The molecule has 1 saturated heterocycles. The van der Waals surface area contributed by atoms with Crippen molar-refractivity contribution >= 4 is 0 Å². The van der Waals surface area contributed by atoms with Crippen LogP contribution in [-0.2, 0) is 4.74 Å². The second-order valence-electron chi connectivity index (χ2n) is 7.10. The lowest BCUT2D eigenvalue weighted by Gasteiger charge is -2.55. The summed E-state index contributed by atoms with van der Waals surface area (Å²) in [5.74, 6) is 1.45. The highest BCUT2D eigenvalue weighted by Crippen LogP contribution is 2.52. The monoisotopic (exact) mass is 280 g/mol. The van der Waals surface area contributed by atoms with Gasteiger partial charge >= 0.3 is 0 Å². The van der Waals surface area contributed by atoms with Gasteiger partial charge in [0.1, 0.15) is 0 Å². The zero-order chi connectivity index (χ0) is 14.8. The third kappa shape index (κ3) is 2.69. The zero-order valence-electron chi connectivity index (χ0n) is 13.7. The molecule has 1 N–H and O–H groups in total. The maximum atomic E-state index is 9.94. The van der Waals surface area contributed by atoms with Crippen LogP contribution in [-0.4, -0.2) is 24.4 Å². The molecule has 2 nitrogen and oxygen atoms in total. The number of aliphatic hydroxyl groups is 1. The van der Waals surface area contributed by atoms with Crippen LogP contribution in [0.15, 0.2) is 11.6 Å². The van der Waals surface area contributed by atoms with Crippen LogP contribution in [0.25, 0.3) is 0 Å². The molecule has 1 aliphatic carbocycles. The van der Waals surface area contributed by atoms with Crippen molar-refractivity contribution in [3.05, 3.63) is 11.6 Å². The first-order valence-electron chi connectivity index (χ1n) is 8.47. The summed E-state index contributed by atoms with van der Waals surface area (Å²) in [6, 6.07) is 0. The Morgan fingerprint density at radius 3 is 2.70 bits per heavy atom. The Hall–Kier alpha value is -0.340. The van der Waals surface area contributed by atoms with Crippen LogP contribution in [0, 0.1) is 23.2 Å². The molecule has 0 unspecified atom stereocenters. The third-order valence-electron chi connectivity index (χ3n) is 5.99. The number of unbranched alkanes of at least 4 members (excludes halogenated alkanes) is 3. The van der Waals surface area contributed by atoms with Gasteiger partial charge in [-0.05, 0) is 25.2 Å². The van der Waals surface area contributed by atoms with Gasteiger partial charge in [-0.3, -0.25) is 0 Å². The van der Waals surface area contributed by atoms with Gasteiger partial charge in [-0.25, -0.2) is 0 Å². The van der Waals surface area contributed by atoms with E-state index in [2.05, 4.69) is 33.8 Å². The molecule has 0 radical (unpaired) electrons. The maximum absolute atomic E-state index is 9.94. The van der Waals surface area contributed by atoms with Gasteiger partial charge in [0.05, 0.1) is 19.3 Å². The van der Waals surface area contributed by atoms with Crippen molar-refractivity contribution in [1.29, 1.82) is 0 Å². The quantitative estimate of drug-likeness (QED) is 0.584. The lowest BCUT2D eigenvalue weighted by atomic mass is 9.56. The van der Waals surface area contributed by atoms with E-state index in [0.717, 1.165) is 6.61 Å². The van der Waals surface area contributed by atoms with E-state index >= 15 is 0 Å². The molecule has 20 heavy (non-hydrogen) atoms. The molecule has 0 amide bonds. The van der Waals surface area contributed by atoms with Gasteiger partial charge in [0, 0.05) is 11.3 Å². The predicted molar refractivity (Wildman–Crippen MR) is 83.6 cm³/mol. The van der Waals surface area contributed by atoms with Crippen LogP contribution in [0.4, 0.5) is 0 Å². The van der Waals surface area contributed by atoms with E-state index < -0.39 is 0 Å². The van der Waals surface area contributed by atoms with Crippen molar-refractivity contribution in [2.45, 2.75) is 65.9 Å². The predicted octanol–water partition coefficient (Wildman–Crippen LogP) is 4.18. The van der Waals surface area contributed by atoms with E-state index in [1.54, 1.807) is 0 Å². The molecular weight excluding hydrogens is 248 g/mol. The molecule has 2 aliphatic rings. The molecule has 1 aliphatic heterocycles. The molecule has 0 spiro atoms. The molecule has 0 saturated carbocycles. The Balaban J connectivity index is 2.08. The fourth-order valence-corrected chi connectivity index (χ4v) is 4.45. The highest BCUT2D eigenvalue weighted by atomic mass is 16.5. The van der Waals surface area contributed by atoms with Gasteiger partial charge in [0.2, 0.25) is 0 Å². The lowest BCUT2D eigenvalue weighted by Crippen LogP contribution is -2.56. The van der Waals surface area contributed by atoms with Crippen molar-refractivity contribution in [3.8, 4) is 0 Å². The number of hydrogen-bond donors (Lipinski definition) is 1. The first kappa shape index (κ1) is 16.0. The van der Waals surface area contributed by atoms with Crippen LogP contribution in [0.1, 0.15) is 59.8 Å². The van der Waals surface area contributed by atoms with Crippen LogP contribution < -0.4 is 0 Å². The summed E-state index contributed by atoms with van der Waals surface area (Å²) in [5.41, 5.74) is 1.43. The van der Waals surface area contributed by atoms with Crippen molar-refractivity contribution < 1.29 is 9.84 Å². The lowest BCUT2D eigenvalue weighted by molar-refractivity contribution is -0.164. The number of aliphatic hydroxyl groups excluding tert-OH is 1. The molecule has 116 valence electrons. The van der Waals surface area contributed by atoms with Gasteiger partial charge in [-0.1, -0.05) is 58.1 Å². The number of allylic oxidation sites excluding steroid dienone is 1. The van der Waals surface area contributed by atoms with Gasteiger partial charge in [-0.2, -0.15) is 0 Å². The Morgan fingerprint density at radius 2 is 2.05 bits per heavy atom. The molecule has 2 rings (SSSR count). The van der Waals surface area contributed by atoms with E-state index in [0.29, 0.717) is 23.9 Å². The fraction of sp³-hybridized carbons (Fsp3) is 0.889. The summed E-state index contributed by atoms with van der Waals surface area (Å²) in [5, 5.41) is 9.94. The molecule has 2 bridgehead atoms. The highest BCUT2D eigenvalue weighted by Gasteiger charge is 2.52. The van der Waals surface area contributed by atoms with Crippen molar-refractivity contribution in [2.24, 2.45) is 23.2 Å². The smallest absolute Gasteiger partial charge is 0.0643 e. The number of rotatable bonds is 6. The summed E-state index contributed by atoms with van der Waals surface area (Å²) in [7, 11) is 0. The SMILES string of the molecule is CCCCCC[C@H]1OC[C@@]2(CO)[C@H](C)C=C(C)[C@@H]1[C@@H]2C. The molecular formula is C18H32O2. The van der Waals surface area contributed by atoms with Crippen molar-refractivity contribution in [1.82, 2.24) is 0 Å². The largest absolute Gasteiger partial charge is 0.396 e. The summed E-state index contributed by atoms with van der Waals surface area (Å²) in [6.45, 7) is 10.0. The van der Waals surface area contributed by atoms with Crippen molar-refractivity contribution in [2.75, 3.05) is 13.2 Å². The minimum absolute atomic E-state index is 0.0515. The normalized spacial score (nSPS) is 40.5. The summed E-state index contributed by atoms with van der Waals surface area (Å²) >= 11 is 0. The van der Waals surface area contributed by atoms with Gasteiger partial charge in [-0.15, -0.1) is 0 Å². The van der Waals surface area contributed by atoms with E-state index in [-0.39, 0.29) is 12.0 Å². The first-order valence-corrected chi connectivity index (χ1v) is 8.47. The van der Waals surface area contributed by atoms with E-state index in [1.165, 1.54) is 37.7 Å². The van der Waals surface area contributed by atoms with E-state index in [4.69, 9.17) is 4.74 Å². The Labute approximate surface area is 124 Å². The topological polar surface area (TPSA) is 29.5 Å². The van der Waals surface area contributed by atoms with Gasteiger partial charge in [0.15, 0.2) is 0 Å². The minimum atomic E-state index is -0.0515. The van der Waals surface area contributed by atoms with Gasteiger partial charge in [0.25, 0.3) is 0 Å².